The summed E-state index contributed by atoms with van der Waals surface area (Å²) < 4.78 is 5.25. The number of hydrogen-bond acceptors (Lipinski definition) is 1. The molecule has 0 amide bonds. The monoisotopic (exact) mass is 158 g/mol. The lowest BCUT2D eigenvalue weighted by atomic mass is 10.2. The minimum Gasteiger partial charge on any atom is -0.496 e. The van der Waals surface area contributed by atoms with Gasteiger partial charge in [0, 0.05) is 5.56 Å². The number of hydrogen-bond donors (Lipinski definition) is 0. The van der Waals surface area contributed by atoms with Gasteiger partial charge in [-0.25, -0.2) is 0 Å². The molecule has 2 aliphatic carbocycles. The van der Waals surface area contributed by atoms with E-state index in [1.54, 1.807) is 7.11 Å². The van der Waals surface area contributed by atoms with E-state index >= 15 is 0 Å². The predicted octanol–water partition coefficient (Wildman–Crippen LogP) is 2.80. The summed E-state index contributed by atoms with van der Waals surface area (Å²) in [6.07, 6.45) is 0. The minimum absolute atomic E-state index is 0.931. The molecule has 0 spiro atoms. The molecular weight excluding hydrogens is 148 g/mol. The van der Waals surface area contributed by atoms with E-state index in [4.69, 9.17) is 4.74 Å². The van der Waals surface area contributed by atoms with E-state index in [-0.39, 0.29) is 0 Å². The highest BCUT2D eigenvalue weighted by atomic mass is 16.5. The topological polar surface area (TPSA) is 9.23 Å². The normalized spacial score (nSPS) is 10.1. The Morgan fingerprint density at radius 1 is 0.917 bits per heavy atom. The van der Waals surface area contributed by atoms with Gasteiger partial charge < -0.3 is 4.74 Å². The second-order valence-corrected chi connectivity index (χ2v) is 2.68. The van der Waals surface area contributed by atoms with Gasteiger partial charge in [-0.2, -0.15) is 0 Å². The SMILES string of the molecule is COc1ccccc2cccc1-2. The minimum atomic E-state index is 0.931. The molecule has 2 rings (SSSR count). The van der Waals surface area contributed by atoms with E-state index in [0.717, 1.165) is 5.75 Å². The summed E-state index contributed by atoms with van der Waals surface area (Å²) in [6.45, 7) is 0. The second-order valence-electron chi connectivity index (χ2n) is 2.68. The van der Waals surface area contributed by atoms with Gasteiger partial charge in [-0.3, -0.25) is 0 Å². The zero-order chi connectivity index (χ0) is 8.39. The highest BCUT2D eigenvalue weighted by molar-refractivity contribution is 5.72. The summed E-state index contributed by atoms with van der Waals surface area (Å²) in [6, 6.07) is 14.2. The van der Waals surface area contributed by atoms with Gasteiger partial charge in [-0.1, -0.05) is 36.4 Å². The Hall–Kier alpha value is -1.50. The molecule has 0 unspecified atom stereocenters. The maximum Gasteiger partial charge on any atom is 0.126 e. The summed E-state index contributed by atoms with van der Waals surface area (Å²) in [7, 11) is 1.70. The largest absolute Gasteiger partial charge is 0.496 e. The zero-order valence-electron chi connectivity index (χ0n) is 6.95. The van der Waals surface area contributed by atoms with Crippen LogP contribution in [0.4, 0.5) is 0 Å². The summed E-state index contributed by atoms with van der Waals surface area (Å²) in [5, 5.41) is 0. The van der Waals surface area contributed by atoms with Crippen molar-refractivity contribution in [2.45, 2.75) is 0 Å². The zero-order valence-corrected chi connectivity index (χ0v) is 6.95. The molecular formula is C11H10O. The fourth-order valence-electron chi connectivity index (χ4n) is 1.37. The van der Waals surface area contributed by atoms with Crippen molar-refractivity contribution in [3.63, 3.8) is 0 Å². The third kappa shape index (κ3) is 1.03. The standard InChI is InChI=1S/C11H10O/c1-12-11-8-3-2-5-9-6-4-7-10(9)11/h2-8H,1H3. The van der Waals surface area contributed by atoms with Gasteiger partial charge in [0.15, 0.2) is 0 Å². The number of fused-ring (bicyclic) bond motifs is 1. The molecule has 0 aromatic rings. The molecule has 0 saturated heterocycles. The first-order chi connectivity index (χ1) is 5.92. The molecule has 0 heterocycles. The maximum absolute atomic E-state index is 5.25. The van der Waals surface area contributed by atoms with E-state index in [2.05, 4.69) is 18.2 Å². The van der Waals surface area contributed by atoms with Gasteiger partial charge in [0.1, 0.15) is 5.75 Å². The Morgan fingerprint density at radius 3 is 2.50 bits per heavy atom. The smallest absolute Gasteiger partial charge is 0.126 e. The lowest BCUT2D eigenvalue weighted by molar-refractivity contribution is 0.417. The molecule has 0 saturated carbocycles. The molecule has 1 heteroatoms. The first kappa shape index (κ1) is 7.17. The Kier molecular flexibility index (Phi) is 1.71. The number of methoxy groups -OCH3 is 1. The summed E-state index contributed by atoms with van der Waals surface area (Å²) >= 11 is 0. The van der Waals surface area contributed by atoms with E-state index in [1.807, 2.05) is 24.3 Å². The molecule has 0 aliphatic heterocycles. The van der Waals surface area contributed by atoms with Crippen molar-refractivity contribution in [3.05, 3.63) is 42.5 Å². The fraction of sp³-hybridized carbons (Fsp3) is 0.0909. The molecule has 1 nitrogen and oxygen atoms in total. The Labute approximate surface area is 71.9 Å². The Morgan fingerprint density at radius 2 is 1.67 bits per heavy atom. The molecule has 0 aromatic carbocycles. The summed E-state index contributed by atoms with van der Waals surface area (Å²) in [4.78, 5) is 0. The van der Waals surface area contributed by atoms with Crippen LogP contribution in [-0.4, -0.2) is 7.11 Å². The third-order valence-electron chi connectivity index (χ3n) is 1.97. The molecule has 0 bridgehead atoms. The van der Waals surface area contributed by atoms with Crippen LogP contribution in [0.15, 0.2) is 42.5 Å². The molecule has 0 radical (unpaired) electrons. The first-order valence-electron chi connectivity index (χ1n) is 3.93. The summed E-state index contributed by atoms with van der Waals surface area (Å²) in [5.41, 5.74) is 2.39. The second kappa shape index (κ2) is 2.86. The van der Waals surface area contributed by atoms with Crippen molar-refractivity contribution >= 4 is 0 Å². The van der Waals surface area contributed by atoms with Gasteiger partial charge in [-0.15, -0.1) is 0 Å². The molecule has 2 aliphatic rings. The Balaban J connectivity index is 2.69. The van der Waals surface area contributed by atoms with Gasteiger partial charge in [0.2, 0.25) is 0 Å². The van der Waals surface area contributed by atoms with Crippen molar-refractivity contribution in [1.29, 1.82) is 0 Å². The first-order valence-corrected chi connectivity index (χ1v) is 3.93. The van der Waals surface area contributed by atoms with Crippen LogP contribution in [-0.2, 0) is 0 Å². The molecule has 0 atom stereocenters. The van der Waals surface area contributed by atoms with Crippen molar-refractivity contribution in [2.75, 3.05) is 7.11 Å². The van der Waals surface area contributed by atoms with Gasteiger partial charge in [0.25, 0.3) is 0 Å². The van der Waals surface area contributed by atoms with Crippen LogP contribution < -0.4 is 4.74 Å². The molecule has 0 aromatic heterocycles. The van der Waals surface area contributed by atoms with Crippen molar-refractivity contribution in [1.82, 2.24) is 0 Å². The number of rotatable bonds is 1. The third-order valence-corrected chi connectivity index (χ3v) is 1.97. The Bertz CT molecular complexity index is 354. The average Bonchev–Trinajstić information content (AvgIpc) is 2.46. The van der Waals surface area contributed by atoms with Gasteiger partial charge >= 0.3 is 0 Å². The van der Waals surface area contributed by atoms with Crippen LogP contribution in [0.25, 0.3) is 11.1 Å². The van der Waals surface area contributed by atoms with Crippen molar-refractivity contribution < 1.29 is 4.74 Å². The van der Waals surface area contributed by atoms with Crippen molar-refractivity contribution in [2.24, 2.45) is 0 Å². The molecule has 0 fully saturated rings. The summed E-state index contributed by atoms with van der Waals surface area (Å²) in [5.74, 6) is 0.931. The fourth-order valence-corrected chi connectivity index (χ4v) is 1.37. The highest BCUT2D eigenvalue weighted by Gasteiger charge is 2.04. The molecule has 60 valence electrons. The van der Waals surface area contributed by atoms with Crippen LogP contribution >= 0.6 is 0 Å². The van der Waals surface area contributed by atoms with Crippen LogP contribution in [0.5, 0.6) is 5.75 Å². The highest BCUT2D eigenvalue weighted by Crippen LogP contribution is 2.30. The molecule has 12 heavy (non-hydrogen) atoms. The van der Waals surface area contributed by atoms with Gasteiger partial charge in [0.05, 0.1) is 7.11 Å². The van der Waals surface area contributed by atoms with Crippen LogP contribution in [0.2, 0.25) is 0 Å². The van der Waals surface area contributed by atoms with Crippen LogP contribution in [0, 0.1) is 0 Å². The van der Waals surface area contributed by atoms with E-state index in [9.17, 15) is 0 Å². The van der Waals surface area contributed by atoms with Crippen LogP contribution in [0.3, 0.4) is 0 Å². The maximum atomic E-state index is 5.25. The lowest BCUT2D eigenvalue weighted by Crippen LogP contribution is -1.81. The lowest BCUT2D eigenvalue weighted by Gasteiger charge is -2.00. The van der Waals surface area contributed by atoms with E-state index in [0.29, 0.717) is 0 Å². The quantitative estimate of drug-likeness (QED) is 0.620. The van der Waals surface area contributed by atoms with Gasteiger partial charge in [-0.05, 0) is 11.6 Å². The average molecular weight is 158 g/mol. The van der Waals surface area contributed by atoms with Crippen molar-refractivity contribution in [3.8, 4) is 16.9 Å². The van der Waals surface area contributed by atoms with E-state index in [1.165, 1.54) is 11.1 Å². The number of ether oxygens (including phenoxy) is 1. The predicted molar refractivity (Wildman–Crippen MR) is 49.6 cm³/mol. The molecule has 0 N–H and O–H groups in total. The van der Waals surface area contributed by atoms with E-state index < -0.39 is 0 Å². The van der Waals surface area contributed by atoms with Crippen LogP contribution in [0.1, 0.15) is 0 Å².